The Hall–Kier alpha value is -1.42. The molecule has 1 rings (SSSR count). The fourth-order valence-corrected chi connectivity index (χ4v) is 1.39. The topological polar surface area (TPSA) is 61.5 Å². The molecule has 0 aromatic heterocycles. The molecule has 0 atom stereocenters. The first kappa shape index (κ1) is 15.6. The SMILES string of the molecule is CCOC(=O)CCc1ccc(N)c(OC)c1.Cl. The third-order valence-corrected chi connectivity index (χ3v) is 2.22. The van der Waals surface area contributed by atoms with Crippen LogP contribution in [0.5, 0.6) is 5.75 Å². The van der Waals surface area contributed by atoms with Gasteiger partial charge in [0.05, 0.1) is 19.4 Å². The second-order valence-corrected chi connectivity index (χ2v) is 3.38. The number of halogens is 1. The molecule has 0 fully saturated rings. The van der Waals surface area contributed by atoms with E-state index in [2.05, 4.69) is 0 Å². The predicted molar refractivity (Wildman–Crippen MR) is 69.6 cm³/mol. The highest BCUT2D eigenvalue weighted by atomic mass is 35.5. The van der Waals surface area contributed by atoms with Crippen molar-refractivity contribution < 1.29 is 14.3 Å². The van der Waals surface area contributed by atoms with Crippen LogP contribution in [0.2, 0.25) is 0 Å². The molecule has 0 bridgehead atoms. The summed E-state index contributed by atoms with van der Waals surface area (Å²) < 4.78 is 9.95. The number of rotatable bonds is 5. The Morgan fingerprint density at radius 1 is 1.41 bits per heavy atom. The summed E-state index contributed by atoms with van der Waals surface area (Å²) in [5.41, 5.74) is 7.30. The van der Waals surface area contributed by atoms with Crippen molar-refractivity contribution in [3.05, 3.63) is 23.8 Å². The summed E-state index contributed by atoms with van der Waals surface area (Å²) in [7, 11) is 1.57. The standard InChI is InChI=1S/C12H17NO3.ClH/c1-3-16-12(14)7-5-9-4-6-10(13)11(8-9)15-2;/h4,6,8H,3,5,7,13H2,1-2H3;1H. The fraction of sp³-hybridized carbons (Fsp3) is 0.417. The molecule has 96 valence electrons. The van der Waals surface area contributed by atoms with Gasteiger partial charge in [-0.25, -0.2) is 0 Å². The lowest BCUT2D eigenvalue weighted by Gasteiger charge is -2.07. The minimum atomic E-state index is -0.182. The van der Waals surface area contributed by atoms with E-state index in [1.165, 1.54) is 0 Å². The molecular formula is C12H18ClNO3. The van der Waals surface area contributed by atoms with E-state index in [1.807, 2.05) is 12.1 Å². The molecule has 0 saturated carbocycles. The van der Waals surface area contributed by atoms with E-state index >= 15 is 0 Å². The summed E-state index contributed by atoms with van der Waals surface area (Å²) in [5, 5.41) is 0. The highest BCUT2D eigenvalue weighted by Gasteiger charge is 2.05. The normalized spacial score (nSPS) is 9.29. The Kier molecular flexibility index (Phi) is 7.14. The maximum Gasteiger partial charge on any atom is 0.306 e. The summed E-state index contributed by atoms with van der Waals surface area (Å²) in [6.07, 6.45) is 1.01. The van der Waals surface area contributed by atoms with Crippen molar-refractivity contribution in [1.29, 1.82) is 0 Å². The molecule has 0 radical (unpaired) electrons. The molecule has 17 heavy (non-hydrogen) atoms. The molecular weight excluding hydrogens is 242 g/mol. The van der Waals surface area contributed by atoms with Gasteiger partial charge in [-0.1, -0.05) is 6.07 Å². The van der Waals surface area contributed by atoms with Gasteiger partial charge < -0.3 is 15.2 Å². The van der Waals surface area contributed by atoms with Crippen molar-refractivity contribution in [3.8, 4) is 5.75 Å². The van der Waals surface area contributed by atoms with Crippen LogP contribution in [0.1, 0.15) is 18.9 Å². The van der Waals surface area contributed by atoms with Gasteiger partial charge in [0.25, 0.3) is 0 Å². The number of anilines is 1. The summed E-state index contributed by atoms with van der Waals surface area (Å²) in [6.45, 7) is 2.22. The summed E-state index contributed by atoms with van der Waals surface area (Å²) in [5.74, 6) is 0.458. The van der Waals surface area contributed by atoms with Crippen LogP contribution in [0.15, 0.2) is 18.2 Å². The molecule has 0 saturated heterocycles. The zero-order chi connectivity index (χ0) is 12.0. The fourth-order valence-electron chi connectivity index (χ4n) is 1.39. The Balaban J connectivity index is 0.00000256. The second-order valence-electron chi connectivity index (χ2n) is 3.38. The van der Waals surface area contributed by atoms with Gasteiger partial charge in [0.15, 0.2) is 0 Å². The van der Waals surface area contributed by atoms with Crippen LogP contribution < -0.4 is 10.5 Å². The number of nitrogens with two attached hydrogens (primary N) is 1. The summed E-state index contributed by atoms with van der Waals surface area (Å²) >= 11 is 0. The Bertz CT molecular complexity index is 369. The maximum atomic E-state index is 11.2. The molecule has 0 amide bonds. The minimum Gasteiger partial charge on any atom is -0.495 e. The lowest BCUT2D eigenvalue weighted by atomic mass is 10.1. The van der Waals surface area contributed by atoms with Crippen molar-refractivity contribution in [2.45, 2.75) is 19.8 Å². The Morgan fingerprint density at radius 3 is 2.71 bits per heavy atom. The van der Waals surface area contributed by atoms with Crippen LogP contribution in [0.25, 0.3) is 0 Å². The number of ether oxygens (including phenoxy) is 2. The number of carbonyl (C=O) groups excluding carboxylic acids is 1. The van der Waals surface area contributed by atoms with E-state index in [0.29, 0.717) is 30.9 Å². The molecule has 5 heteroatoms. The number of benzene rings is 1. The quantitative estimate of drug-likeness (QED) is 0.650. The first-order valence-electron chi connectivity index (χ1n) is 5.25. The van der Waals surface area contributed by atoms with Crippen molar-refractivity contribution in [2.24, 2.45) is 0 Å². The predicted octanol–water partition coefficient (Wildman–Crippen LogP) is 2.19. The van der Waals surface area contributed by atoms with Gasteiger partial charge in [0.2, 0.25) is 0 Å². The van der Waals surface area contributed by atoms with Crippen molar-refractivity contribution in [3.63, 3.8) is 0 Å². The highest BCUT2D eigenvalue weighted by Crippen LogP contribution is 2.22. The lowest BCUT2D eigenvalue weighted by molar-refractivity contribution is -0.143. The largest absolute Gasteiger partial charge is 0.495 e. The molecule has 1 aromatic rings. The van der Waals surface area contributed by atoms with Gasteiger partial charge in [-0.15, -0.1) is 12.4 Å². The third-order valence-electron chi connectivity index (χ3n) is 2.22. The van der Waals surface area contributed by atoms with E-state index < -0.39 is 0 Å². The van der Waals surface area contributed by atoms with Crippen molar-refractivity contribution >= 4 is 24.1 Å². The third kappa shape index (κ3) is 4.95. The smallest absolute Gasteiger partial charge is 0.306 e. The Labute approximate surface area is 108 Å². The second kappa shape index (κ2) is 7.79. The zero-order valence-electron chi connectivity index (χ0n) is 10.1. The molecule has 0 spiro atoms. The van der Waals surface area contributed by atoms with Crippen molar-refractivity contribution in [2.75, 3.05) is 19.5 Å². The van der Waals surface area contributed by atoms with Gasteiger partial charge in [-0.2, -0.15) is 0 Å². The molecule has 0 aliphatic heterocycles. The van der Waals surface area contributed by atoms with E-state index in [1.54, 1.807) is 20.1 Å². The zero-order valence-corrected chi connectivity index (χ0v) is 10.9. The minimum absolute atomic E-state index is 0. The summed E-state index contributed by atoms with van der Waals surface area (Å²) in [4.78, 5) is 11.2. The van der Waals surface area contributed by atoms with E-state index in [4.69, 9.17) is 15.2 Å². The number of hydrogen-bond acceptors (Lipinski definition) is 4. The average Bonchev–Trinajstić information content (AvgIpc) is 2.28. The maximum absolute atomic E-state index is 11.2. The van der Waals surface area contributed by atoms with E-state index in [9.17, 15) is 4.79 Å². The molecule has 0 unspecified atom stereocenters. The monoisotopic (exact) mass is 259 g/mol. The van der Waals surface area contributed by atoms with Crippen LogP contribution in [-0.4, -0.2) is 19.7 Å². The first-order valence-corrected chi connectivity index (χ1v) is 5.25. The summed E-state index contributed by atoms with van der Waals surface area (Å²) in [6, 6.07) is 5.50. The molecule has 0 heterocycles. The molecule has 0 aliphatic carbocycles. The van der Waals surface area contributed by atoms with Crippen LogP contribution in [0.3, 0.4) is 0 Å². The van der Waals surface area contributed by atoms with Crippen LogP contribution >= 0.6 is 12.4 Å². The number of aryl methyl sites for hydroxylation is 1. The molecule has 1 aromatic carbocycles. The number of nitrogen functional groups attached to an aromatic ring is 1. The van der Waals surface area contributed by atoms with E-state index in [-0.39, 0.29) is 18.4 Å². The van der Waals surface area contributed by atoms with Gasteiger partial charge in [0, 0.05) is 6.42 Å². The van der Waals surface area contributed by atoms with Gasteiger partial charge >= 0.3 is 5.97 Å². The van der Waals surface area contributed by atoms with Crippen LogP contribution in [-0.2, 0) is 16.0 Å². The van der Waals surface area contributed by atoms with Crippen molar-refractivity contribution in [1.82, 2.24) is 0 Å². The number of esters is 1. The van der Waals surface area contributed by atoms with Gasteiger partial charge in [-0.05, 0) is 31.0 Å². The lowest BCUT2D eigenvalue weighted by Crippen LogP contribution is -2.05. The molecule has 4 nitrogen and oxygen atoms in total. The molecule has 0 aliphatic rings. The van der Waals surface area contributed by atoms with E-state index in [0.717, 1.165) is 5.56 Å². The van der Waals surface area contributed by atoms with Crippen LogP contribution in [0.4, 0.5) is 5.69 Å². The highest BCUT2D eigenvalue weighted by molar-refractivity contribution is 5.85. The number of methoxy groups -OCH3 is 1. The Morgan fingerprint density at radius 2 is 2.12 bits per heavy atom. The van der Waals surface area contributed by atoms with Crippen LogP contribution in [0, 0.1) is 0 Å². The average molecular weight is 260 g/mol. The van der Waals surface area contributed by atoms with Gasteiger partial charge in [0.1, 0.15) is 5.75 Å². The number of hydrogen-bond donors (Lipinski definition) is 1. The van der Waals surface area contributed by atoms with Gasteiger partial charge in [-0.3, -0.25) is 4.79 Å². The number of carbonyl (C=O) groups is 1. The molecule has 2 N–H and O–H groups in total. The first-order chi connectivity index (χ1) is 7.67.